The molecule has 3 aromatic heterocycles. The van der Waals surface area contributed by atoms with E-state index in [1.165, 1.54) is 4.90 Å². The highest BCUT2D eigenvalue weighted by molar-refractivity contribution is 7.17. The van der Waals surface area contributed by atoms with Gasteiger partial charge in [-0.2, -0.15) is 0 Å². The van der Waals surface area contributed by atoms with Crippen LogP contribution in [-0.2, 0) is 13.6 Å². The van der Waals surface area contributed by atoms with Gasteiger partial charge in [-0.25, -0.2) is 4.79 Å². The minimum Gasteiger partial charge on any atom is -0.493 e. The number of thiophene rings is 1. The summed E-state index contributed by atoms with van der Waals surface area (Å²) in [5.74, 6) is 1.59. The largest absolute Gasteiger partial charge is 0.493 e. The number of fused-ring (bicyclic) bond motifs is 2. The second-order valence-electron chi connectivity index (χ2n) is 9.86. The van der Waals surface area contributed by atoms with Crippen molar-refractivity contribution < 1.29 is 24.2 Å². The van der Waals surface area contributed by atoms with E-state index in [-0.39, 0.29) is 11.7 Å². The number of nitrogens with zero attached hydrogens (tertiary/aromatic N) is 3. The summed E-state index contributed by atoms with van der Waals surface area (Å²) in [7, 11) is 1.94. The van der Waals surface area contributed by atoms with Crippen molar-refractivity contribution in [1.82, 2.24) is 14.0 Å². The first-order chi connectivity index (χ1) is 19.0. The van der Waals surface area contributed by atoms with E-state index < -0.39 is 6.09 Å². The minimum atomic E-state index is -0.875. The lowest BCUT2D eigenvalue weighted by Gasteiger charge is -2.14. The predicted molar refractivity (Wildman–Crippen MR) is 151 cm³/mol. The van der Waals surface area contributed by atoms with Gasteiger partial charge in [0.25, 0.3) is 0 Å². The van der Waals surface area contributed by atoms with E-state index in [1.54, 1.807) is 11.3 Å². The number of ether oxygens (including phenoxy) is 2. The number of carbonyl (C=O) groups excluding carboxylic acids is 1. The Bertz CT molecular complexity index is 1670. The van der Waals surface area contributed by atoms with E-state index in [9.17, 15) is 9.59 Å². The third-order valence-electron chi connectivity index (χ3n) is 7.38. The van der Waals surface area contributed by atoms with E-state index in [0.29, 0.717) is 55.6 Å². The van der Waals surface area contributed by atoms with Gasteiger partial charge >= 0.3 is 6.09 Å². The SMILES string of the molecule is Cn1c(C(=O)c2cn(CCOc3cccc(OC[C@H]4CCN(C(=O)O)C4)c3)c3ccccc23)cc2sccc21. The van der Waals surface area contributed by atoms with Gasteiger partial charge < -0.3 is 28.6 Å². The first-order valence-corrected chi connectivity index (χ1v) is 13.8. The molecule has 9 heteroatoms. The molecule has 1 fully saturated rings. The van der Waals surface area contributed by atoms with Gasteiger partial charge in [-0.3, -0.25) is 4.79 Å². The molecule has 0 saturated carbocycles. The van der Waals surface area contributed by atoms with Crippen LogP contribution < -0.4 is 9.47 Å². The molecule has 39 heavy (non-hydrogen) atoms. The van der Waals surface area contributed by atoms with Gasteiger partial charge in [0.05, 0.1) is 29.1 Å². The topological polar surface area (TPSA) is 85.9 Å². The van der Waals surface area contributed by atoms with Crippen LogP contribution in [0.1, 0.15) is 22.5 Å². The molecule has 8 nitrogen and oxygen atoms in total. The Morgan fingerprint density at radius 3 is 2.64 bits per heavy atom. The number of rotatable bonds is 9. The normalized spacial score (nSPS) is 15.3. The summed E-state index contributed by atoms with van der Waals surface area (Å²) in [6.45, 7) is 2.53. The van der Waals surface area contributed by atoms with Gasteiger partial charge in [-0.15, -0.1) is 11.3 Å². The van der Waals surface area contributed by atoms with Gasteiger partial charge in [-0.05, 0) is 42.1 Å². The summed E-state index contributed by atoms with van der Waals surface area (Å²) in [5, 5.41) is 12.1. The summed E-state index contributed by atoms with van der Waals surface area (Å²) in [6.07, 6.45) is 1.86. The van der Waals surface area contributed by atoms with Crippen molar-refractivity contribution in [2.24, 2.45) is 13.0 Å². The zero-order valence-electron chi connectivity index (χ0n) is 21.6. The number of likely N-dealkylation sites (tertiary alicyclic amines) is 1. The number of benzene rings is 2. The van der Waals surface area contributed by atoms with Crippen molar-refractivity contribution in [3.05, 3.63) is 83.5 Å². The molecule has 0 aliphatic carbocycles. The van der Waals surface area contributed by atoms with Crippen LogP contribution >= 0.6 is 11.3 Å². The Morgan fingerprint density at radius 1 is 1.03 bits per heavy atom. The number of carboxylic acid groups (broad SMARTS) is 1. The van der Waals surface area contributed by atoms with Crippen LogP contribution in [0, 0.1) is 5.92 Å². The second kappa shape index (κ2) is 10.5. The first-order valence-electron chi connectivity index (χ1n) is 13.0. The van der Waals surface area contributed by atoms with Crippen molar-refractivity contribution >= 4 is 44.3 Å². The van der Waals surface area contributed by atoms with Crippen LogP contribution in [0.15, 0.2) is 72.2 Å². The maximum atomic E-state index is 13.6. The molecular weight excluding hydrogens is 514 g/mol. The number of ketones is 1. The molecule has 1 N–H and O–H groups in total. The number of aryl methyl sites for hydroxylation is 1. The van der Waals surface area contributed by atoms with Crippen LogP contribution in [0.25, 0.3) is 21.1 Å². The van der Waals surface area contributed by atoms with E-state index in [1.807, 2.05) is 83.9 Å². The van der Waals surface area contributed by atoms with Gasteiger partial charge in [0.15, 0.2) is 0 Å². The molecule has 200 valence electrons. The third-order valence-corrected chi connectivity index (χ3v) is 8.23. The summed E-state index contributed by atoms with van der Waals surface area (Å²) in [4.78, 5) is 26.2. The Balaban J connectivity index is 1.12. The van der Waals surface area contributed by atoms with Crippen LogP contribution in [0.5, 0.6) is 11.5 Å². The quantitative estimate of drug-likeness (QED) is 0.235. The Kier molecular flexibility index (Phi) is 6.74. The average Bonchev–Trinajstić information content (AvgIpc) is 3.73. The fourth-order valence-electron chi connectivity index (χ4n) is 5.29. The maximum absolute atomic E-state index is 13.6. The van der Waals surface area contributed by atoms with Crippen LogP contribution in [0.4, 0.5) is 4.79 Å². The third kappa shape index (κ3) is 4.97. The Labute approximate surface area is 229 Å². The number of amides is 1. The molecule has 2 aromatic carbocycles. The first kappa shape index (κ1) is 25.1. The van der Waals surface area contributed by atoms with Crippen LogP contribution in [0.2, 0.25) is 0 Å². The standard InChI is InChI=1S/C30H29N3O5S/c1-31-26-10-14-39-28(26)16-27(31)29(34)24-18-32(25-8-3-2-7-23(24)25)12-13-37-21-5-4-6-22(15-21)38-19-20-9-11-33(17-20)30(35)36/h2-8,10,14-16,18,20H,9,11-13,17,19H2,1H3,(H,35,36)/t20-/m0/s1. The molecule has 6 rings (SSSR count). The predicted octanol–water partition coefficient (Wildman–Crippen LogP) is 5.88. The van der Waals surface area contributed by atoms with Gasteiger partial charge in [0.1, 0.15) is 18.1 Å². The number of carbonyl (C=O) groups is 2. The van der Waals surface area contributed by atoms with Gasteiger partial charge in [-0.1, -0.05) is 24.3 Å². The molecule has 5 aromatic rings. The summed E-state index contributed by atoms with van der Waals surface area (Å²) < 4.78 is 17.1. The molecular formula is C30H29N3O5S. The highest BCUT2D eigenvalue weighted by atomic mass is 32.1. The minimum absolute atomic E-state index is 0.00959. The van der Waals surface area contributed by atoms with Crippen molar-refractivity contribution in [1.29, 1.82) is 0 Å². The molecule has 1 aliphatic rings. The average molecular weight is 544 g/mol. The van der Waals surface area contributed by atoms with Gasteiger partial charge in [0.2, 0.25) is 5.78 Å². The number of hydrogen-bond acceptors (Lipinski definition) is 5. The lowest BCUT2D eigenvalue weighted by Crippen LogP contribution is -2.27. The molecule has 1 atom stereocenters. The zero-order chi connectivity index (χ0) is 26.9. The Morgan fingerprint density at radius 2 is 1.85 bits per heavy atom. The molecule has 0 bridgehead atoms. The fraction of sp³-hybridized carbons (Fsp3) is 0.267. The molecule has 0 unspecified atom stereocenters. The molecule has 0 radical (unpaired) electrons. The smallest absolute Gasteiger partial charge is 0.407 e. The van der Waals surface area contributed by atoms with E-state index >= 15 is 0 Å². The van der Waals surface area contributed by atoms with Crippen molar-refractivity contribution in [2.45, 2.75) is 13.0 Å². The molecule has 1 amide bonds. The van der Waals surface area contributed by atoms with Gasteiger partial charge in [0, 0.05) is 54.8 Å². The molecule has 1 aliphatic heterocycles. The van der Waals surface area contributed by atoms with E-state index in [2.05, 4.69) is 4.57 Å². The van der Waals surface area contributed by atoms with Crippen LogP contribution in [0.3, 0.4) is 0 Å². The van der Waals surface area contributed by atoms with E-state index in [4.69, 9.17) is 14.6 Å². The molecule has 4 heterocycles. The van der Waals surface area contributed by atoms with Crippen molar-refractivity contribution in [2.75, 3.05) is 26.3 Å². The second-order valence-corrected chi connectivity index (χ2v) is 10.8. The summed E-state index contributed by atoms with van der Waals surface area (Å²) in [5.41, 5.74) is 3.42. The monoisotopic (exact) mass is 543 g/mol. The van der Waals surface area contributed by atoms with Crippen molar-refractivity contribution in [3.63, 3.8) is 0 Å². The maximum Gasteiger partial charge on any atom is 0.407 e. The zero-order valence-corrected chi connectivity index (χ0v) is 22.4. The molecule has 0 spiro atoms. The Hall–Kier alpha value is -4.24. The molecule has 1 saturated heterocycles. The highest BCUT2D eigenvalue weighted by Gasteiger charge is 2.26. The highest BCUT2D eigenvalue weighted by Crippen LogP contribution is 2.29. The lowest BCUT2D eigenvalue weighted by molar-refractivity contribution is 0.103. The number of para-hydroxylation sites is 1. The number of aromatic nitrogens is 2. The summed E-state index contributed by atoms with van der Waals surface area (Å²) >= 11 is 1.64. The van der Waals surface area contributed by atoms with E-state index in [0.717, 1.165) is 27.5 Å². The number of hydrogen-bond donors (Lipinski definition) is 1. The van der Waals surface area contributed by atoms with Crippen LogP contribution in [-0.4, -0.2) is 57.3 Å². The summed E-state index contributed by atoms with van der Waals surface area (Å²) in [6, 6.07) is 19.5. The van der Waals surface area contributed by atoms with Crippen molar-refractivity contribution in [3.8, 4) is 11.5 Å². The fourth-order valence-corrected chi connectivity index (χ4v) is 6.14. The lowest BCUT2D eigenvalue weighted by atomic mass is 10.1.